The van der Waals surface area contributed by atoms with Crippen LogP contribution >= 0.6 is 0 Å². The maximum Gasteiger partial charge on any atom is 0.227 e. The van der Waals surface area contributed by atoms with Crippen LogP contribution in [-0.4, -0.2) is 44.9 Å². The minimum atomic E-state index is -0.316. The molecule has 1 unspecified atom stereocenters. The van der Waals surface area contributed by atoms with Crippen LogP contribution in [0.15, 0.2) is 12.4 Å². The van der Waals surface area contributed by atoms with Gasteiger partial charge in [0.05, 0.1) is 23.5 Å². The predicted molar refractivity (Wildman–Crippen MR) is 88.4 cm³/mol. The fourth-order valence-corrected chi connectivity index (χ4v) is 3.16. The molecule has 2 N–H and O–H groups in total. The van der Waals surface area contributed by atoms with Crippen LogP contribution in [0.1, 0.15) is 23.4 Å². The molecule has 1 atom stereocenters. The number of anilines is 1. The van der Waals surface area contributed by atoms with Gasteiger partial charge in [0, 0.05) is 38.4 Å². The second-order valence-electron chi connectivity index (χ2n) is 6.18. The van der Waals surface area contributed by atoms with Crippen molar-refractivity contribution in [2.45, 2.75) is 26.7 Å². The van der Waals surface area contributed by atoms with Crippen LogP contribution < -0.4 is 10.2 Å². The molecule has 0 spiro atoms. The minimum Gasteiger partial charge on any atom is -0.355 e. The number of aromatic amines is 1. The molecule has 128 valence electrons. The lowest BCUT2D eigenvalue weighted by Gasteiger charge is -2.14. The van der Waals surface area contributed by atoms with Gasteiger partial charge in [0.15, 0.2) is 0 Å². The second kappa shape index (κ2) is 6.46. The number of hydrogen-bond acceptors (Lipinski definition) is 4. The number of carbonyl (C=O) groups is 2. The first-order chi connectivity index (χ1) is 11.5. The van der Waals surface area contributed by atoms with E-state index >= 15 is 0 Å². The molecule has 1 saturated heterocycles. The van der Waals surface area contributed by atoms with E-state index in [0.717, 1.165) is 17.8 Å². The molecule has 0 aliphatic carbocycles. The average molecular weight is 330 g/mol. The van der Waals surface area contributed by atoms with Crippen LogP contribution in [0.5, 0.6) is 0 Å². The van der Waals surface area contributed by atoms with Gasteiger partial charge in [-0.25, -0.2) is 0 Å². The van der Waals surface area contributed by atoms with E-state index in [1.165, 1.54) is 5.56 Å². The molecule has 8 nitrogen and oxygen atoms in total. The van der Waals surface area contributed by atoms with E-state index < -0.39 is 0 Å². The van der Waals surface area contributed by atoms with Crippen molar-refractivity contribution in [2.24, 2.45) is 13.0 Å². The number of aromatic nitrogens is 4. The quantitative estimate of drug-likeness (QED) is 0.833. The lowest BCUT2D eigenvalue weighted by atomic mass is 10.1. The Balaban J connectivity index is 1.53. The number of hydrogen-bond donors (Lipinski definition) is 2. The van der Waals surface area contributed by atoms with Crippen LogP contribution in [-0.2, 0) is 23.1 Å². The first-order valence-electron chi connectivity index (χ1n) is 8.03. The van der Waals surface area contributed by atoms with Gasteiger partial charge < -0.3 is 10.2 Å². The van der Waals surface area contributed by atoms with Crippen molar-refractivity contribution in [1.29, 1.82) is 0 Å². The molecule has 3 rings (SSSR count). The zero-order valence-corrected chi connectivity index (χ0v) is 14.2. The zero-order valence-electron chi connectivity index (χ0n) is 14.2. The fraction of sp³-hybridized carbons (Fsp3) is 0.500. The van der Waals surface area contributed by atoms with Crippen LogP contribution in [0.2, 0.25) is 0 Å². The van der Waals surface area contributed by atoms with Crippen molar-refractivity contribution in [3.63, 3.8) is 0 Å². The molecule has 2 aromatic rings. The Morgan fingerprint density at radius 2 is 2.25 bits per heavy atom. The van der Waals surface area contributed by atoms with Crippen LogP contribution in [0.3, 0.4) is 0 Å². The Bertz CT molecular complexity index is 749. The van der Waals surface area contributed by atoms with Gasteiger partial charge in [-0.05, 0) is 25.8 Å². The molecule has 3 heterocycles. The van der Waals surface area contributed by atoms with E-state index in [1.807, 2.05) is 25.6 Å². The van der Waals surface area contributed by atoms with Crippen molar-refractivity contribution < 1.29 is 9.59 Å². The van der Waals surface area contributed by atoms with Crippen molar-refractivity contribution in [3.8, 4) is 0 Å². The van der Waals surface area contributed by atoms with Gasteiger partial charge in [-0.2, -0.15) is 10.2 Å². The topological polar surface area (TPSA) is 95.9 Å². The molecule has 0 aromatic carbocycles. The molecule has 1 aliphatic rings. The Labute approximate surface area is 140 Å². The van der Waals surface area contributed by atoms with E-state index in [1.54, 1.807) is 17.3 Å². The van der Waals surface area contributed by atoms with E-state index in [2.05, 4.69) is 20.6 Å². The predicted octanol–water partition coefficient (Wildman–Crippen LogP) is 0.472. The smallest absolute Gasteiger partial charge is 0.227 e. The van der Waals surface area contributed by atoms with Crippen LogP contribution in [0.4, 0.5) is 5.69 Å². The van der Waals surface area contributed by atoms with Crippen LogP contribution in [0.25, 0.3) is 0 Å². The number of carbonyl (C=O) groups excluding carboxylic acids is 2. The van der Waals surface area contributed by atoms with Gasteiger partial charge in [0.2, 0.25) is 11.8 Å². The van der Waals surface area contributed by atoms with E-state index in [-0.39, 0.29) is 24.2 Å². The largest absolute Gasteiger partial charge is 0.355 e. The van der Waals surface area contributed by atoms with Gasteiger partial charge >= 0.3 is 0 Å². The molecular formula is C16H22N6O2. The third kappa shape index (κ3) is 3.04. The SMILES string of the molecule is Cc1nn(C)c(C)c1CCNC(=O)C1CC(=O)N(c2cn[nH]c2)C1. The molecule has 0 bridgehead atoms. The third-order valence-corrected chi connectivity index (χ3v) is 4.62. The van der Waals surface area contributed by atoms with Crippen molar-refractivity contribution in [1.82, 2.24) is 25.3 Å². The Morgan fingerprint density at radius 1 is 1.46 bits per heavy atom. The summed E-state index contributed by atoms with van der Waals surface area (Å²) in [7, 11) is 1.92. The number of aryl methyl sites for hydroxylation is 2. The average Bonchev–Trinajstić information content (AvgIpc) is 3.23. The number of nitrogens with one attached hydrogen (secondary N) is 2. The fourth-order valence-electron chi connectivity index (χ4n) is 3.16. The summed E-state index contributed by atoms with van der Waals surface area (Å²) in [5.41, 5.74) is 3.98. The van der Waals surface area contributed by atoms with E-state index in [4.69, 9.17) is 0 Å². The number of rotatable bonds is 5. The standard InChI is InChI=1S/C16H22N6O2/c1-10-14(11(2)21(3)20-10)4-5-17-16(24)12-6-15(23)22(9-12)13-7-18-19-8-13/h7-8,12H,4-6,9H2,1-3H3,(H,17,24)(H,18,19). The summed E-state index contributed by atoms with van der Waals surface area (Å²) in [4.78, 5) is 26.0. The summed E-state index contributed by atoms with van der Waals surface area (Å²) < 4.78 is 1.85. The molecule has 8 heteroatoms. The van der Waals surface area contributed by atoms with Gasteiger partial charge in [0.25, 0.3) is 0 Å². The van der Waals surface area contributed by atoms with Crippen molar-refractivity contribution >= 4 is 17.5 Å². The molecule has 2 aromatic heterocycles. The summed E-state index contributed by atoms with van der Waals surface area (Å²) in [6.45, 7) is 4.94. The maximum atomic E-state index is 12.3. The summed E-state index contributed by atoms with van der Waals surface area (Å²) >= 11 is 0. The number of nitrogens with zero attached hydrogens (tertiary/aromatic N) is 4. The molecule has 0 radical (unpaired) electrons. The highest BCUT2D eigenvalue weighted by molar-refractivity contribution is 6.00. The van der Waals surface area contributed by atoms with Gasteiger partial charge in [-0.15, -0.1) is 0 Å². The lowest BCUT2D eigenvalue weighted by Crippen LogP contribution is -2.34. The Morgan fingerprint density at radius 3 is 2.88 bits per heavy atom. The Kier molecular flexibility index (Phi) is 4.37. The Hall–Kier alpha value is -2.64. The van der Waals surface area contributed by atoms with Gasteiger partial charge in [-0.3, -0.25) is 19.4 Å². The van der Waals surface area contributed by atoms with E-state index in [0.29, 0.717) is 18.8 Å². The molecule has 1 aliphatic heterocycles. The highest BCUT2D eigenvalue weighted by atomic mass is 16.2. The summed E-state index contributed by atoms with van der Waals surface area (Å²) in [5, 5.41) is 13.9. The maximum absolute atomic E-state index is 12.3. The molecular weight excluding hydrogens is 308 g/mol. The third-order valence-electron chi connectivity index (χ3n) is 4.62. The van der Waals surface area contributed by atoms with E-state index in [9.17, 15) is 9.59 Å². The minimum absolute atomic E-state index is 0.0458. The molecule has 0 saturated carbocycles. The van der Waals surface area contributed by atoms with Crippen LogP contribution in [0, 0.1) is 19.8 Å². The zero-order chi connectivity index (χ0) is 17.3. The number of H-pyrrole nitrogens is 1. The number of amides is 2. The normalized spacial score (nSPS) is 17.5. The molecule has 2 amide bonds. The highest BCUT2D eigenvalue weighted by Gasteiger charge is 2.35. The summed E-state index contributed by atoms with van der Waals surface area (Å²) in [5.74, 6) is -0.437. The van der Waals surface area contributed by atoms with Crippen molar-refractivity contribution in [3.05, 3.63) is 29.3 Å². The molecule has 1 fully saturated rings. The molecule has 24 heavy (non-hydrogen) atoms. The van der Waals surface area contributed by atoms with Crippen molar-refractivity contribution in [2.75, 3.05) is 18.0 Å². The summed E-state index contributed by atoms with van der Waals surface area (Å²) in [6.07, 6.45) is 4.23. The first kappa shape index (κ1) is 16.2. The highest BCUT2D eigenvalue weighted by Crippen LogP contribution is 2.24. The second-order valence-corrected chi connectivity index (χ2v) is 6.18. The van der Waals surface area contributed by atoms with Gasteiger partial charge in [0.1, 0.15) is 0 Å². The summed E-state index contributed by atoms with van der Waals surface area (Å²) in [6, 6.07) is 0. The first-order valence-corrected chi connectivity index (χ1v) is 8.03. The monoisotopic (exact) mass is 330 g/mol. The van der Waals surface area contributed by atoms with Gasteiger partial charge in [-0.1, -0.05) is 0 Å². The lowest BCUT2D eigenvalue weighted by molar-refractivity contribution is -0.126.